The Morgan fingerprint density at radius 1 is 1.31 bits per heavy atom. The molecule has 4 rings (SSSR count). The largest absolute Gasteiger partial charge is 0.392 e. The third-order valence-electron chi connectivity index (χ3n) is 6.51. The van der Waals surface area contributed by atoms with Crippen molar-refractivity contribution >= 4 is 11.7 Å². The molecular weight excluding hydrogens is 330 g/mol. The van der Waals surface area contributed by atoms with Crippen LogP contribution < -0.4 is 4.90 Å². The molecule has 1 saturated carbocycles. The van der Waals surface area contributed by atoms with Gasteiger partial charge in [-0.3, -0.25) is 4.79 Å². The van der Waals surface area contributed by atoms with Gasteiger partial charge < -0.3 is 19.6 Å². The van der Waals surface area contributed by atoms with E-state index in [0.29, 0.717) is 6.61 Å². The van der Waals surface area contributed by atoms with Crippen molar-refractivity contribution in [1.82, 2.24) is 9.88 Å². The summed E-state index contributed by atoms with van der Waals surface area (Å²) in [4.78, 5) is 21.3. The average Bonchev–Trinajstić information content (AvgIpc) is 3.22. The molecule has 3 heterocycles. The van der Waals surface area contributed by atoms with Gasteiger partial charge in [-0.05, 0) is 44.7 Å². The van der Waals surface area contributed by atoms with E-state index in [1.54, 1.807) is 6.20 Å². The number of hydrogen-bond acceptors (Lipinski definition) is 5. The topological polar surface area (TPSA) is 65.9 Å². The zero-order chi connectivity index (χ0) is 18.1. The highest BCUT2D eigenvalue weighted by molar-refractivity contribution is 5.95. The smallest absolute Gasteiger partial charge is 0.254 e. The number of piperidine rings is 1. The molecule has 0 aromatic carbocycles. The number of rotatable bonds is 4. The maximum Gasteiger partial charge on any atom is 0.254 e. The van der Waals surface area contributed by atoms with E-state index < -0.39 is 0 Å². The standard InChI is InChI=1S/C20H29N3O3/c1-2-26-17-14-16(24)20(17)6-11-22(12-7-20)18-13-15(5-8-21-18)19(25)23-9-3-4-10-23/h5,8,13,16-17,24H,2-4,6-7,9-12,14H2,1H3/t16-,17+/m1/s1. The number of amides is 1. The van der Waals surface area contributed by atoms with Gasteiger partial charge in [0.25, 0.3) is 5.91 Å². The Morgan fingerprint density at radius 3 is 2.69 bits per heavy atom. The van der Waals surface area contributed by atoms with Crippen LogP contribution in [0.25, 0.3) is 0 Å². The van der Waals surface area contributed by atoms with E-state index in [9.17, 15) is 9.90 Å². The quantitative estimate of drug-likeness (QED) is 0.892. The van der Waals surface area contributed by atoms with Gasteiger partial charge in [-0.25, -0.2) is 4.98 Å². The van der Waals surface area contributed by atoms with Crippen molar-refractivity contribution in [2.45, 2.75) is 51.2 Å². The third kappa shape index (κ3) is 2.99. The Kier molecular flexibility index (Phi) is 4.88. The minimum Gasteiger partial charge on any atom is -0.392 e. The first kappa shape index (κ1) is 17.7. The van der Waals surface area contributed by atoms with Crippen molar-refractivity contribution in [3.8, 4) is 0 Å². The summed E-state index contributed by atoms with van der Waals surface area (Å²) in [5.74, 6) is 0.983. The molecule has 2 saturated heterocycles. The lowest BCUT2D eigenvalue weighted by atomic mass is 9.58. The fourth-order valence-corrected chi connectivity index (χ4v) is 4.80. The summed E-state index contributed by atoms with van der Waals surface area (Å²) < 4.78 is 5.85. The summed E-state index contributed by atoms with van der Waals surface area (Å²) in [6, 6.07) is 3.74. The molecule has 2 atom stereocenters. The number of carbonyl (C=O) groups is 1. The second kappa shape index (κ2) is 7.16. The molecule has 3 fully saturated rings. The van der Waals surface area contributed by atoms with Gasteiger partial charge in [0.15, 0.2) is 0 Å². The van der Waals surface area contributed by atoms with Crippen LogP contribution >= 0.6 is 0 Å². The first-order valence-corrected chi connectivity index (χ1v) is 9.94. The van der Waals surface area contributed by atoms with E-state index in [1.807, 2.05) is 24.0 Å². The maximum atomic E-state index is 12.6. The Hall–Kier alpha value is -1.66. The predicted molar refractivity (Wildman–Crippen MR) is 99.3 cm³/mol. The molecular formula is C20H29N3O3. The van der Waals surface area contributed by atoms with Gasteiger partial charge in [0.05, 0.1) is 12.2 Å². The van der Waals surface area contributed by atoms with Crippen molar-refractivity contribution in [3.05, 3.63) is 23.9 Å². The van der Waals surface area contributed by atoms with E-state index in [2.05, 4.69) is 9.88 Å². The van der Waals surface area contributed by atoms with Crippen molar-refractivity contribution in [2.24, 2.45) is 5.41 Å². The van der Waals surface area contributed by atoms with Gasteiger partial charge in [-0.2, -0.15) is 0 Å². The lowest BCUT2D eigenvalue weighted by molar-refractivity contribution is -0.199. The first-order valence-electron chi connectivity index (χ1n) is 9.94. The minimum atomic E-state index is -0.253. The van der Waals surface area contributed by atoms with Crippen LogP contribution in [-0.2, 0) is 4.74 Å². The van der Waals surface area contributed by atoms with Crippen LogP contribution in [0.4, 0.5) is 5.82 Å². The van der Waals surface area contributed by atoms with Gasteiger partial charge >= 0.3 is 0 Å². The molecule has 0 bridgehead atoms. The summed E-state index contributed by atoms with van der Waals surface area (Å²) in [6.45, 7) is 6.12. The minimum absolute atomic E-state index is 0.0878. The molecule has 6 heteroatoms. The average molecular weight is 359 g/mol. The molecule has 1 aliphatic carbocycles. The molecule has 26 heavy (non-hydrogen) atoms. The highest BCUT2D eigenvalue weighted by Gasteiger charge is 2.56. The number of ether oxygens (including phenoxy) is 1. The molecule has 1 spiro atoms. The summed E-state index contributed by atoms with van der Waals surface area (Å²) >= 11 is 0. The van der Waals surface area contributed by atoms with Gasteiger partial charge in [-0.15, -0.1) is 0 Å². The van der Waals surface area contributed by atoms with Gasteiger partial charge in [0.2, 0.25) is 0 Å². The van der Waals surface area contributed by atoms with E-state index in [1.165, 1.54) is 0 Å². The number of aliphatic hydroxyl groups is 1. The summed E-state index contributed by atoms with van der Waals surface area (Å²) in [5.41, 5.74) is 0.642. The lowest BCUT2D eigenvalue weighted by Gasteiger charge is -2.56. The first-order chi connectivity index (χ1) is 12.6. The molecule has 1 N–H and O–H groups in total. The fraction of sp³-hybridized carbons (Fsp3) is 0.700. The van der Waals surface area contributed by atoms with Crippen LogP contribution in [0.5, 0.6) is 0 Å². The fourth-order valence-electron chi connectivity index (χ4n) is 4.80. The van der Waals surface area contributed by atoms with Crippen LogP contribution in [-0.4, -0.2) is 65.9 Å². The predicted octanol–water partition coefficient (Wildman–Crippen LogP) is 2.07. The van der Waals surface area contributed by atoms with Crippen molar-refractivity contribution < 1.29 is 14.6 Å². The molecule has 0 unspecified atom stereocenters. The molecule has 1 amide bonds. The Balaban J connectivity index is 1.43. The molecule has 142 valence electrons. The van der Waals surface area contributed by atoms with E-state index in [-0.39, 0.29) is 23.5 Å². The Labute approximate surface area is 155 Å². The zero-order valence-corrected chi connectivity index (χ0v) is 15.6. The number of aromatic nitrogens is 1. The van der Waals surface area contributed by atoms with Crippen LogP contribution in [0, 0.1) is 5.41 Å². The maximum absolute atomic E-state index is 12.6. The monoisotopic (exact) mass is 359 g/mol. The number of anilines is 1. The highest BCUT2D eigenvalue weighted by atomic mass is 16.5. The van der Waals surface area contributed by atoms with E-state index >= 15 is 0 Å². The van der Waals surface area contributed by atoms with Crippen LogP contribution in [0.2, 0.25) is 0 Å². The Morgan fingerprint density at radius 2 is 2.04 bits per heavy atom. The molecule has 2 aliphatic heterocycles. The number of carbonyl (C=O) groups excluding carboxylic acids is 1. The van der Waals surface area contributed by atoms with E-state index in [0.717, 1.165) is 69.7 Å². The number of aliphatic hydroxyl groups excluding tert-OH is 1. The van der Waals surface area contributed by atoms with Crippen LogP contribution in [0.3, 0.4) is 0 Å². The molecule has 0 radical (unpaired) electrons. The van der Waals surface area contributed by atoms with Crippen LogP contribution in [0.1, 0.15) is 49.4 Å². The van der Waals surface area contributed by atoms with Crippen LogP contribution in [0.15, 0.2) is 18.3 Å². The second-order valence-electron chi connectivity index (χ2n) is 7.82. The van der Waals surface area contributed by atoms with E-state index in [4.69, 9.17) is 4.74 Å². The number of pyridine rings is 1. The zero-order valence-electron chi connectivity index (χ0n) is 15.6. The van der Waals surface area contributed by atoms with Gasteiger partial charge in [0, 0.05) is 56.4 Å². The Bertz CT molecular complexity index is 649. The number of nitrogens with zero attached hydrogens (tertiary/aromatic N) is 3. The van der Waals surface area contributed by atoms with Crippen molar-refractivity contribution in [2.75, 3.05) is 37.7 Å². The van der Waals surface area contributed by atoms with Crippen molar-refractivity contribution in [1.29, 1.82) is 0 Å². The SMILES string of the molecule is CCO[C@H]1C[C@@H](O)C12CCN(c1cc(C(=O)N3CCCC3)ccn1)CC2. The van der Waals surface area contributed by atoms with Gasteiger partial charge in [0.1, 0.15) is 5.82 Å². The number of likely N-dealkylation sites (tertiary alicyclic amines) is 1. The third-order valence-corrected chi connectivity index (χ3v) is 6.51. The molecule has 1 aromatic rings. The molecule has 1 aromatic heterocycles. The summed E-state index contributed by atoms with van der Waals surface area (Å²) in [7, 11) is 0. The number of hydrogen-bond donors (Lipinski definition) is 1. The second-order valence-corrected chi connectivity index (χ2v) is 7.82. The summed E-state index contributed by atoms with van der Waals surface area (Å²) in [5, 5.41) is 10.4. The normalized spacial score (nSPS) is 27.6. The molecule has 3 aliphatic rings. The van der Waals surface area contributed by atoms with Crippen molar-refractivity contribution in [3.63, 3.8) is 0 Å². The molecule has 6 nitrogen and oxygen atoms in total. The van der Waals surface area contributed by atoms with Gasteiger partial charge in [-0.1, -0.05) is 0 Å². The summed E-state index contributed by atoms with van der Waals surface area (Å²) in [6.07, 6.45) is 6.44. The highest BCUT2D eigenvalue weighted by Crippen LogP contribution is 2.51. The lowest BCUT2D eigenvalue weighted by Crippen LogP contribution is -2.62.